The molecule has 2 aromatic carbocycles. The lowest BCUT2D eigenvalue weighted by Gasteiger charge is -2.45. The first-order valence-corrected chi connectivity index (χ1v) is 10.9. The van der Waals surface area contributed by atoms with Gasteiger partial charge in [-0.15, -0.1) is 0 Å². The van der Waals surface area contributed by atoms with E-state index in [1.54, 1.807) is 18.3 Å². The molecular weight excluding hydrogens is 415 g/mol. The third-order valence-electron chi connectivity index (χ3n) is 6.21. The number of halogens is 2. The third-order valence-corrected chi connectivity index (χ3v) is 6.46. The number of carbonyl (C=O) groups is 1. The topological polar surface area (TPSA) is 48.5 Å². The number of hydrogen-bond donors (Lipinski definition) is 1. The van der Waals surface area contributed by atoms with E-state index in [1.807, 2.05) is 37.3 Å². The number of benzene rings is 2. The molecule has 162 valence electrons. The molecule has 31 heavy (non-hydrogen) atoms. The number of nitrogens with zero attached hydrogens (tertiary/aromatic N) is 3. The van der Waals surface area contributed by atoms with Gasteiger partial charge in [0.15, 0.2) is 0 Å². The monoisotopic (exact) mass is 440 g/mol. The van der Waals surface area contributed by atoms with Crippen molar-refractivity contribution >= 4 is 40.2 Å². The van der Waals surface area contributed by atoms with Gasteiger partial charge in [0.05, 0.1) is 11.1 Å². The molecule has 0 amide bonds. The van der Waals surface area contributed by atoms with Gasteiger partial charge in [0.1, 0.15) is 12.1 Å². The van der Waals surface area contributed by atoms with E-state index in [0.717, 1.165) is 54.7 Å². The van der Waals surface area contributed by atoms with Crippen LogP contribution in [0.2, 0.25) is 5.02 Å². The van der Waals surface area contributed by atoms with Gasteiger partial charge < -0.3 is 15.0 Å². The average molecular weight is 441 g/mol. The van der Waals surface area contributed by atoms with Crippen molar-refractivity contribution in [3.63, 3.8) is 0 Å². The number of anilines is 2. The zero-order chi connectivity index (χ0) is 21.8. The van der Waals surface area contributed by atoms with Crippen molar-refractivity contribution in [3.8, 4) is 0 Å². The lowest BCUT2D eigenvalue weighted by molar-refractivity contribution is -0.118. The van der Waals surface area contributed by atoms with Gasteiger partial charge in [0.25, 0.3) is 0 Å². The molecule has 0 bridgehead atoms. The molecule has 0 spiro atoms. The molecule has 1 aromatic heterocycles. The maximum atomic E-state index is 13.8. The van der Waals surface area contributed by atoms with Gasteiger partial charge in [-0.3, -0.25) is 9.88 Å². The summed E-state index contributed by atoms with van der Waals surface area (Å²) < 4.78 is 13.8. The molecule has 4 rings (SSSR count). The van der Waals surface area contributed by atoms with E-state index in [1.165, 1.54) is 6.07 Å². The van der Waals surface area contributed by atoms with Crippen LogP contribution >= 0.6 is 11.6 Å². The summed E-state index contributed by atoms with van der Waals surface area (Å²) in [5, 5.41) is 4.89. The van der Waals surface area contributed by atoms with Crippen LogP contribution in [0, 0.1) is 5.82 Å². The number of rotatable bonds is 7. The van der Waals surface area contributed by atoms with Gasteiger partial charge in [0, 0.05) is 60.7 Å². The number of pyridine rings is 1. The fraction of sp³-hybridized carbons (Fsp3) is 0.333. The Kier molecular flexibility index (Phi) is 6.39. The van der Waals surface area contributed by atoms with E-state index in [4.69, 9.17) is 11.6 Å². The Bertz CT molecular complexity index is 1050. The van der Waals surface area contributed by atoms with Crippen LogP contribution in [-0.4, -0.2) is 54.4 Å². The second-order valence-corrected chi connectivity index (χ2v) is 8.34. The normalized spacial score (nSPS) is 16.8. The first-order valence-electron chi connectivity index (χ1n) is 10.5. The number of fused-ring (bicyclic) bond motifs is 1. The van der Waals surface area contributed by atoms with Crippen molar-refractivity contribution in [3.05, 3.63) is 65.6 Å². The second kappa shape index (κ2) is 9.20. The Morgan fingerprint density at radius 1 is 1.13 bits per heavy atom. The van der Waals surface area contributed by atoms with E-state index in [2.05, 4.69) is 20.1 Å². The van der Waals surface area contributed by atoms with Crippen LogP contribution in [0.1, 0.15) is 13.3 Å². The van der Waals surface area contributed by atoms with Gasteiger partial charge in [0.2, 0.25) is 0 Å². The van der Waals surface area contributed by atoms with E-state index in [0.29, 0.717) is 18.0 Å². The van der Waals surface area contributed by atoms with Gasteiger partial charge in [-0.05, 0) is 55.0 Å². The number of piperazine rings is 1. The Balaban J connectivity index is 1.47. The highest BCUT2D eigenvalue weighted by atomic mass is 35.5. The summed E-state index contributed by atoms with van der Waals surface area (Å²) in [5.41, 5.74) is 2.12. The molecule has 7 heteroatoms. The summed E-state index contributed by atoms with van der Waals surface area (Å²) in [5.74, 6) is -0.264. The van der Waals surface area contributed by atoms with Crippen molar-refractivity contribution in [2.75, 3.05) is 42.9 Å². The van der Waals surface area contributed by atoms with Crippen LogP contribution < -0.4 is 10.2 Å². The van der Waals surface area contributed by atoms with Crippen LogP contribution in [-0.2, 0) is 4.79 Å². The summed E-state index contributed by atoms with van der Waals surface area (Å²) >= 11 is 5.97. The molecule has 1 N–H and O–H groups in total. The molecule has 1 aliphatic rings. The predicted octanol–water partition coefficient (Wildman–Crippen LogP) is 4.61. The SMILES string of the molecule is CCC(C=O)(CNc1ccc(Cl)cc1)N1CCN(c2ccnc3ccc(F)cc23)CC1. The highest BCUT2D eigenvalue weighted by Crippen LogP contribution is 2.29. The largest absolute Gasteiger partial charge is 0.383 e. The van der Waals surface area contributed by atoms with Crippen molar-refractivity contribution in [1.29, 1.82) is 0 Å². The second-order valence-electron chi connectivity index (χ2n) is 7.90. The van der Waals surface area contributed by atoms with E-state index in [9.17, 15) is 9.18 Å². The maximum absolute atomic E-state index is 13.8. The Hall–Kier alpha value is -2.70. The smallest absolute Gasteiger partial charge is 0.142 e. The molecule has 1 saturated heterocycles. The molecule has 0 radical (unpaired) electrons. The Morgan fingerprint density at radius 2 is 1.87 bits per heavy atom. The molecule has 1 aliphatic heterocycles. The van der Waals surface area contributed by atoms with Gasteiger partial charge >= 0.3 is 0 Å². The molecule has 1 atom stereocenters. The lowest BCUT2D eigenvalue weighted by Crippen LogP contribution is -2.60. The highest BCUT2D eigenvalue weighted by Gasteiger charge is 2.37. The zero-order valence-electron chi connectivity index (χ0n) is 17.5. The molecule has 5 nitrogen and oxygen atoms in total. The highest BCUT2D eigenvalue weighted by molar-refractivity contribution is 6.30. The predicted molar refractivity (Wildman–Crippen MR) is 125 cm³/mol. The first kappa shape index (κ1) is 21.5. The number of hydrogen-bond acceptors (Lipinski definition) is 5. The number of carbonyl (C=O) groups excluding carboxylic acids is 1. The maximum Gasteiger partial charge on any atom is 0.142 e. The van der Waals surface area contributed by atoms with Gasteiger partial charge in [-0.25, -0.2) is 4.39 Å². The molecule has 3 aromatic rings. The average Bonchev–Trinajstić information content (AvgIpc) is 2.81. The molecule has 1 unspecified atom stereocenters. The third kappa shape index (κ3) is 4.50. The summed E-state index contributed by atoms with van der Waals surface area (Å²) in [4.78, 5) is 21.1. The van der Waals surface area contributed by atoms with E-state index >= 15 is 0 Å². The Morgan fingerprint density at radius 3 is 2.55 bits per heavy atom. The van der Waals surface area contributed by atoms with Crippen molar-refractivity contribution < 1.29 is 9.18 Å². The van der Waals surface area contributed by atoms with Crippen LogP contribution in [0.15, 0.2) is 54.7 Å². The number of aromatic nitrogens is 1. The minimum absolute atomic E-state index is 0.264. The first-order chi connectivity index (χ1) is 15.0. The standard InChI is InChI=1S/C24H26ClFN4O/c1-2-24(17-31,16-28-20-6-3-18(25)4-7-20)30-13-11-29(12-14-30)23-9-10-27-22-8-5-19(26)15-21(22)23/h3-10,15,17,28H,2,11-14,16H2,1H3. The summed E-state index contributed by atoms with van der Waals surface area (Å²) in [7, 11) is 0. The number of nitrogens with one attached hydrogen (secondary N) is 1. The van der Waals surface area contributed by atoms with E-state index in [-0.39, 0.29) is 5.82 Å². The van der Waals surface area contributed by atoms with Crippen molar-refractivity contribution in [1.82, 2.24) is 9.88 Å². The van der Waals surface area contributed by atoms with Crippen molar-refractivity contribution in [2.24, 2.45) is 0 Å². The quantitative estimate of drug-likeness (QED) is 0.544. The minimum Gasteiger partial charge on any atom is -0.383 e. The number of aldehydes is 1. The molecular formula is C24H26ClFN4O. The summed E-state index contributed by atoms with van der Waals surface area (Å²) in [6.45, 7) is 5.57. The lowest BCUT2D eigenvalue weighted by atomic mass is 9.94. The molecule has 1 fully saturated rings. The van der Waals surface area contributed by atoms with Crippen LogP contribution in [0.5, 0.6) is 0 Å². The summed E-state index contributed by atoms with van der Waals surface area (Å²) in [6.07, 6.45) is 3.54. The fourth-order valence-corrected chi connectivity index (χ4v) is 4.38. The minimum atomic E-state index is -0.585. The van der Waals surface area contributed by atoms with E-state index < -0.39 is 5.54 Å². The van der Waals surface area contributed by atoms with Crippen molar-refractivity contribution in [2.45, 2.75) is 18.9 Å². The van der Waals surface area contributed by atoms with Crippen LogP contribution in [0.3, 0.4) is 0 Å². The fourth-order valence-electron chi connectivity index (χ4n) is 4.26. The molecule has 0 saturated carbocycles. The Labute approximate surface area is 186 Å². The molecule has 2 heterocycles. The summed E-state index contributed by atoms with van der Waals surface area (Å²) in [6, 6.07) is 14.1. The van der Waals surface area contributed by atoms with Crippen LogP contribution in [0.25, 0.3) is 10.9 Å². The van der Waals surface area contributed by atoms with Crippen LogP contribution in [0.4, 0.5) is 15.8 Å². The van der Waals surface area contributed by atoms with Gasteiger partial charge in [-0.1, -0.05) is 18.5 Å². The van der Waals surface area contributed by atoms with Gasteiger partial charge in [-0.2, -0.15) is 0 Å². The zero-order valence-corrected chi connectivity index (χ0v) is 18.3. The molecule has 0 aliphatic carbocycles.